The van der Waals surface area contributed by atoms with Gasteiger partial charge in [-0.1, -0.05) is 41.2 Å². The van der Waals surface area contributed by atoms with E-state index in [9.17, 15) is 13.6 Å². The lowest BCUT2D eigenvalue weighted by atomic mass is 10.2. The van der Waals surface area contributed by atoms with Crippen LogP contribution in [0.1, 0.15) is 28.3 Å². The van der Waals surface area contributed by atoms with Crippen LogP contribution in [0.15, 0.2) is 42.0 Å². The number of anilines is 1. The van der Waals surface area contributed by atoms with Gasteiger partial charge in [0.25, 0.3) is 5.91 Å². The van der Waals surface area contributed by atoms with E-state index in [1.54, 1.807) is 12.3 Å². The van der Waals surface area contributed by atoms with Crippen molar-refractivity contribution in [1.29, 1.82) is 0 Å². The van der Waals surface area contributed by atoms with E-state index in [2.05, 4.69) is 20.3 Å². The van der Waals surface area contributed by atoms with E-state index >= 15 is 0 Å². The fraction of sp³-hybridized carbons (Fsp3) is 0.158. The number of rotatable bonds is 5. The highest BCUT2D eigenvalue weighted by Gasteiger charge is 2.20. The van der Waals surface area contributed by atoms with Crippen molar-refractivity contribution in [3.63, 3.8) is 0 Å². The van der Waals surface area contributed by atoms with Gasteiger partial charge in [0.2, 0.25) is 0 Å². The third-order valence-corrected chi connectivity index (χ3v) is 6.09. The van der Waals surface area contributed by atoms with E-state index in [-0.39, 0.29) is 11.5 Å². The van der Waals surface area contributed by atoms with Crippen molar-refractivity contribution >= 4 is 33.7 Å². The lowest BCUT2D eigenvalue weighted by Gasteiger charge is -2.04. The minimum absolute atomic E-state index is 0.116. The monoisotopic (exact) mass is 431 g/mol. The number of carbonyl (C=O) groups excluding carboxylic acids is 1. The molecule has 0 atom stereocenters. The van der Waals surface area contributed by atoms with Gasteiger partial charge in [0.15, 0.2) is 11.0 Å². The van der Waals surface area contributed by atoms with E-state index < -0.39 is 12.5 Å². The summed E-state index contributed by atoms with van der Waals surface area (Å²) >= 11 is 2.47. The van der Waals surface area contributed by atoms with Gasteiger partial charge in [-0.25, -0.2) is 15.0 Å². The van der Waals surface area contributed by atoms with E-state index in [1.807, 2.05) is 31.2 Å². The molecule has 1 N–H and O–H groups in total. The van der Waals surface area contributed by atoms with E-state index in [0.717, 1.165) is 32.0 Å². The Morgan fingerprint density at radius 2 is 1.93 bits per heavy atom. The molecule has 0 saturated heterocycles. The molecule has 0 fully saturated rings. The highest BCUT2D eigenvalue weighted by molar-refractivity contribution is 7.19. The second-order valence-corrected chi connectivity index (χ2v) is 8.08. The Bertz CT molecular complexity index is 1160. The molecule has 0 unspecified atom stereocenters. The molecular formula is C19H15F2N5OS2. The minimum Gasteiger partial charge on any atom is -0.296 e. The van der Waals surface area contributed by atoms with Gasteiger partial charge >= 0.3 is 6.55 Å². The van der Waals surface area contributed by atoms with Crippen molar-refractivity contribution in [3.05, 3.63) is 59.0 Å². The lowest BCUT2D eigenvalue weighted by Crippen LogP contribution is -2.12. The maximum absolute atomic E-state index is 13.1. The number of aromatic nitrogens is 4. The first kappa shape index (κ1) is 19.3. The van der Waals surface area contributed by atoms with Crippen LogP contribution in [0.4, 0.5) is 13.9 Å². The molecule has 3 heterocycles. The molecule has 1 aromatic carbocycles. The Labute approximate surface area is 172 Å². The molecule has 0 spiro atoms. The van der Waals surface area contributed by atoms with Crippen molar-refractivity contribution in [1.82, 2.24) is 19.5 Å². The Balaban J connectivity index is 1.54. The molecule has 4 rings (SSSR count). The zero-order valence-corrected chi connectivity index (χ0v) is 17.0. The molecule has 148 valence electrons. The molecule has 0 aliphatic heterocycles. The van der Waals surface area contributed by atoms with Crippen molar-refractivity contribution in [2.24, 2.45) is 0 Å². The minimum atomic E-state index is -2.71. The van der Waals surface area contributed by atoms with Crippen LogP contribution in [-0.2, 0) is 0 Å². The summed E-state index contributed by atoms with van der Waals surface area (Å²) in [6.07, 6.45) is 2.51. The summed E-state index contributed by atoms with van der Waals surface area (Å²) in [7, 11) is 0. The highest BCUT2D eigenvalue weighted by atomic mass is 32.1. The van der Waals surface area contributed by atoms with Gasteiger partial charge in [-0.15, -0.1) is 11.3 Å². The largest absolute Gasteiger partial charge is 0.320 e. The zero-order valence-electron chi connectivity index (χ0n) is 15.4. The van der Waals surface area contributed by atoms with Crippen LogP contribution < -0.4 is 5.32 Å². The molecule has 0 aliphatic carbocycles. The molecule has 4 aromatic rings. The van der Waals surface area contributed by atoms with Crippen LogP contribution >= 0.6 is 22.7 Å². The molecule has 3 aromatic heterocycles. The summed E-state index contributed by atoms with van der Waals surface area (Å²) in [6.45, 7) is 0.981. The maximum Gasteiger partial charge on any atom is 0.320 e. The van der Waals surface area contributed by atoms with Crippen molar-refractivity contribution in [2.45, 2.75) is 20.4 Å². The zero-order chi connectivity index (χ0) is 20.5. The Morgan fingerprint density at radius 3 is 2.66 bits per heavy atom. The van der Waals surface area contributed by atoms with E-state index in [1.165, 1.54) is 23.7 Å². The Hall–Kier alpha value is -2.98. The van der Waals surface area contributed by atoms with Gasteiger partial charge in [0.1, 0.15) is 10.7 Å². The molecule has 0 saturated carbocycles. The molecule has 0 aliphatic rings. The normalized spacial score (nSPS) is 11.2. The summed E-state index contributed by atoms with van der Waals surface area (Å²) in [5.41, 5.74) is 2.86. The second-order valence-electron chi connectivity index (χ2n) is 6.23. The van der Waals surface area contributed by atoms with Crippen LogP contribution in [0, 0.1) is 13.8 Å². The topological polar surface area (TPSA) is 72.7 Å². The van der Waals surface area contributed by atoms with Gasteiger partial charge in [0.05, 0.1) is 10.6 Å². The summed E-state index contributed by atoms with van der Waals surface area (Å²) in [5.74, 6) is -0.289. The van der Waals surface area contributed by atoms with Gasteiger partial charge < -0.3 is 0 Å². The SMILES string of the molecule is Cc1ccc(-c2nc(C(=O)Nc3nc(C)c(-c4nccn4C(F)F)s3)cs2)cc1. The Morgan fingerprint density at radius 1 is 1.17 bits per heavy atom. The number of benzene rings is 1. The number of aryl methyl sites for hydroxylation is 2. The van der Waals surface area contributed by atoms with E-state index in [4.69, 9.17) is 0 Å². The first-order valence-corrected chi connectivity index (χ1v) is 10.2. The average Bonchev–Trinajstić information content (AvgIpc) is 3.41. The summed E-state index contributed by atoms with van der Waals surface area (Å²) < 4.78 is 27.0. The summed E-state index contributed by atoms with van der Waals surface area (Å²) in [4.78, 5) is 25.7. The molecule has 0 radical (unpaired) electrons. The molecule has 10 heteroatoms. The third kappa shape index (κ3) is 3.94. The molecule has 6 nitrogen and oxygen atoms in total. The van der Waals surface area contributed by atoms with Gasteiger partial charge in [-0.2, -0.15) is 8.78 Å². The van der Waals surface area contributed by atoms with Crippen LogP contribution in [0.5, 0.6) is 0 Å². The van der Waals surface area contributed by atoms with Gasteiger partial charge in [-0.3, -0.25) is 14.7 Å². The van der Waals surface area contributed by atoms with Crippen LogP contribution in [0.3, 0.4) is 0 Å². The van der Waals surface area contributed by atoms with E-state index in [0.29, 0.717) is 15.7 Å². The first-order valence-electron chi connectivity index (χ1n) is 8.55. The fourth-order valence-electron chi connectivity index (χ4n) is 2.67. The number of imidazole rings is 1. The van der Waals surface area contributed by atoms with Crippen molar-refractivity contribution in [2.75, 3.05) is 5.32 Å². The maximum atomic E-state index is 13.1. The number of carbonyl (C=O) groups is 1. The van der Waals surface area contributed by atoms with Crippen molar-refractivity contribution in [3.8, 4) is 21.3 Å². The first-order chi connectivity index (χ1) is 13.9. The van der Waals surface area contributed by atoms with Crippen LogP contribution in [0.25, 0.3) is 21.3 Å². The smallest absolute Gasteiger partial charge is 0.296 e. The number of nitrogens with zero attached hydrogens (tertiary/aromatic N) is 4. The lowest BCUT2D eigenvalue weighted by molar-refractivity contribution is 0.0720. The molecule has 1 amide bonds. The van der Waals surface area contributed by atoms with Crippen LogP contribution in [0.2, 0.25) is 0 Å². The van der Waals surface area contributed by atoms with Crippen molar-refractivity contribution < 1.29 is 13.6 Å². The quantitative estimate of drug-likeness (QED) is 0.460. The summed E-state index contributed by atoms with van der Waals surface area (Å²) in [6, 6.07) is 7.88. The highest BCUT2D eigenvalue weighted by Crippen LogP contribution is 2.34. The third-order valence-electron chi connectivity index (χ3n) is 4.13. The second kappa shape index (κ2) is 7.80. The predicted molar refractivity (Wildman–Crippen MR) is 110 cm³/mol. The summed E-state index contributed by atoms with van der Waals surface area (Å²) in [5, 5.41) is 5.41. The number of nitrogens with one attached hydrogen (secondary N) is 1. The predicted octanol–water partition coefficient (Wildman–Crippen LogP) is 5.39. The van der Waals surface area contributed by atoms with Gasteiger partial charge in [0, 0.05) is 23.3 Å². The average molecular weight is 431 g/mol. The standard InChI is InChI=1S/C19H15F2N5OS2/c1-10-3-5-12(6-4-10)17-24-13(9-28-17)16(27)25-19-23-11(2)14(29-19)15-22-7-8-26(15)18(20)21/h3-9,18H,1-2H3,(H,23,25,27). The number of hydrogen-bond acceptors (Lipinski definition) is 6. The number of hydrogen-bond donors (Lipinski definition) is 1. The number of alkyl halides is 2. The number of halogens is 2. The Kier molecular flexibility index (Phi) is 5.20. The van der Waals surface area contributed by atoms with Crippen LogP contribution in [-0.4, -0.2) is 25.4 Å². The number of amides is 1. The fourth-order valence-corrected chi connectivity index (χ4v) is 4.44. The molecule has 0 bridgehead atoms. The number of thiazole rings is 2. The molecule has 29 heavy (non-hydrogen) atoms. The van der Waals surface area contributed by atoms with Gasteiger partial charge in [-0.05, 0) is 13.8 Å². The molecular weight excluding hydrogens is 416 g/mol.